The van der Waals surface area contributed by atoms with Crippen LogP contribution in [0.2, 0.25) is 0 Å². The number of aliphatic hydroxyl groups is 1. The van der Waals surface area contributed by atoms with Crippen LogP contribution in [-0.2, 0) is 4.79 Å². The number of hydrogen-bond donors (Lipinski definition) is 1. The molecule has 1 fully saturated rings. The second-order valence-corrected chi connectivity index (χ2v) is 5.67. The van der Waals surface area contributed by atoms with Crippen LogP contribution in [0, 0.1) is 17.8 Å². The predicted molar refractivity (Wildman–Crippen MR) is 65.2 cm³/mol. The maximum absolute atomic E-state index is 11.9. The minimum atomic E-state index is -0.321. The van der Waals surface area contributed by atoms with Crippen molar-refractivity contribution >= 4 is 5.78 Å². The van der Waals surface area contributed by atoms with Crippen LogP contribution in [0.25, 0.3) is 0 Å². The molecule has 0 saturated heterocycles. The first-order chi connectivity index (χ1) is 7.40. The van der Waals surface area contributed by atoms with Gasteiger partial charge in [-0.15, -0.1) is 0 Å². The van der Waals surface area contributed by atoms with Gasteiger partial charge in [-0.3, -0.25) is 4.79 Å². The fourth-order valence-electron chi connectivity index (χ4n) is 2.84. The molecule has 16 heavy (non-hydrogen) atoms. The van der Waals surface area contributed by atoms with Gasteiger partial charge in [-0.2, -0.15) is 0 Å². The van der Waals surface area contributed by atoms with Crippen molar-refractivity contribution in [3.8, 4) is 0 Å². The summed E-state index contributed by atoms with van der Waals surface area (Å²) in [6.07, 6.45) is 1.56. The van der Waals surface area contributed by atoms with Crippen LogP contribution in [-0.4, -0.2) is 42.0 Å². The van der Waals surface area contributed by atoms with Crippen molar-refractivity contribution in [1.82, 2.24) is 4.90 Å². The van der Waals surface area contributed by atoms with E-state index in [1.165, 1.54) is 0 Å². The molecule has 3 heteroatoms. The van der Waals surface area contributed by atoms with Gasteiger partial charge in [0.15, 0.2) is 0 Å². The van der Waals surface area contributed by atoms with Crippen molar-refractivity contribution in [3.05, 3.63) is 0 Å². The molecule has 1 rings (SSSR count). The Hall–Kier alpha value is -0.410. The molecule has 4 unspecified atom stereocenters. The topological polar surface area (TPSA) is 40.5 Å². The third-order valence-electron chi connectivity index (χ3n) is 3.51. The minimum absolute atomic E-state index is 0.167. The highest BCUT2D eigenvalue weighted by atomic mass is 16.3. The number of hydrogen-bond acceptors (Lipinski definition) is 3. The molecule has 0 amide bonds. The molecule has 0 aromatic carbocycles. The van der Waals surface area contributed by atoms with Gasteiger partial charge in [0.2, 0.25) is 0 Å². The molecule has 1 N–H and O–H groups in total. The van der Waals surface area contributed by atoms with Crippen LogP contribution in [0.3, 0.4) is 0 Å². The Bertz CT molecular complexity index is 240. The highest BCUT2D eigenvalue weighted by molar-refractivity contribution is 5.82. The minimum Gasteiger partial charge on any atom is -0.392 e. The van der Waals surface area contributed by atoms with E-state index in [1.807, 2.05) is 7.05 Å². The molecule has 1 saturated carbocycles. The van der Waals surface area contributed by atoms with E-state index in [4.69, 9.17) is 0 Å². The summed E-state index contributed by atoms with van der Waals surface area (Å²) in [7, 11) is 1.98. The lowest BCUT2D eigenvalue weighted by Gasteiger charge is -2.34. The number of nitrogens with zero attached hydrogens (tertiary/aromatic N) is 1. The summed E-state index contributed by atoms with van der Waals surface area (Å²) in [5.74, 6) is 1.59. The summed E-state index contributed by atoms with van der Waals surface area (Å²) in [6.45, 7) is 7.55. The average molecular weight is 227 g/mol. The van der Waals surface area contributed by atoms with E-state index in [1.54, 1.807) is 6.92 Å². The van der Waals surface area contributed by atoms with Crippen LogP contribution in [0.4, 0.5) is 0 Å². The van der Waals surface area contributed by atoms with E-state index in [0.29, 0.717) is 24.2 Å². The SMILES string of the molecule is CC(O)CN(C)CC1C(=O)CC(C)CC1C. The molecule has 1 aliphatic rings. The molecular formula is C13H25NO2. The largest absolute Gasteiger partial charge is 0.392 e. The Balaban J connectivity index is 2.49. The van der Waals surface area contributed by atoms with Gasteiger partial charge in [0, 0.05) is 25.4 Å². The number of Topliss-reactive ketones (excluding diaryl/α,β-unsaturated/α-hetero) is 1. The van der Waals surface area contributed by atoms with Gasteiger partial charge in [-0.05, 0) is 32.2 Å². The average Bonchev–Trinajstić information content (AvgIpc) is 2.09. The Morgan fingerprint density at radius 2 is 2.12 bits per heavy atom. The van der Waals surface area contributed by atoms with Gasteiger partial charge in [-0.25, -0.2) is 0 Å². The molecule has 0 aliphatic heterocycles. The third-order valence-corrected chi connectivity index (χ3v) is 3.51. The lowest BCUT2D eigenvalue weighted by atomic mass is 9.74. The van der Waals surface area contributed by atoms with Crippen LogP contribution in [0.5, 0.6) is 0 Å². The number of carbonyl (C=O) groups excluding carboxylic acids is 1. The van der Waals surface area contributed by atoms with E-state index in [-0.39, 0.29) is 12.0 Å². The summed E-state index contributed by atoms with van der Waals surface area (Å²) in [5, 5.41) is 9.30. The van der Waals surface area contributed by atoms with Crippen LogP contribution in [0.15, 0.2) is 0 Å². The van der Waals surface area contributed by atoms with Gasteiger partial charge < -0.3 is 10.0 Å². The number of rotatable bonds is 4. The molecule has 3 nitrogen and oxygen atoms in total. The maximum Gasteiger partial charge on any atom is 0.137 e. The number of likely N-dealkylation sites (N-methyl/N-ethyl adjacent to an activating group) is 1. The molecule has 0 radical (unpaired) electrons. The van der Waals surface area contributed by atoms with Crippen molar-refractivity contribution < 1.29 is 9.90 Å². The van der Waals surface area contributed by atoms with E-state index in [9.17, 15) is 9.90 Å². The van der Waals surface area contributed by atoms with Gasteiger partial charge in [0.05, 0.1) is 6.10 Å². The smallest absolute Gasteiger partial charge is 0.137 e. The zero-order valence-corrected chi connectivity index (χ0v) is 10.9. The van der Waals surface area contributed by atoms with Crippen molar-refractivity contribution in [2.45, 2.75) is 39.7 Å². The van der Waals surface area contributed by atoms with Crippen molar-refractivity contribution in [2.75, 3.05) is 20.1 Å². The number of carbonyl (C=O) groups is 1. The zero-order valence-electron chi connectivity index (χ0n) is 10.9. The van der Waals surface area contributed by atoms with Gasteiger partial charge in [-0.1, -0.05) is 13.8 Å². The Labute approximate surface area is 98.8 Å². The summed E-state index contributed by atoms with van der Waals surface area (Å²) < 4.78 is 0. The lowest BCUT2D eigenvalue weighted by Crippen LogP contribution is -2.40. The van der Waals surface area contributed by atoms with Crippen LogP contribution in [0.1, 0.15) is 33.6 Å². The molecule has 0 aromatic heterocycles. The second kappa shape index (κ2) is 5.78. The molecule has 0 aromatic rings. The fourth-order valence-corrected chi connectivity index (χ4v) is 2.84. The molecule has 94 valence electrons. The third kappa shape index (κ3) is 3.87. The van der Waals surface area contributed by atoms with Gasteiger partial charge in [0.25, 0.3) is 0 Å². The van der Waals surface area contributed by atoms with Crippen molar-refractivity contribution in [2.24, 2.45) is 17.8 Å². The van der Waals surface area contributed by atoms with E-state index in [2.05, 4.69) is 18.7 Å². The first kappa shape index (κ1) is 13.7. The van der Waals surface area contributed by atoms with E-state index >= 15 is 0 Å². The first-order valence-electron chi connectivity index (χ1n) is 6.29. The lowest BCUT2D eigenvalue weighted by molar-refractivity contribution is -0.128. The summed E-state index contributed by atoms with van der Waals surface area (Å²) in [5.41, 5.74) is 0. The second-order valence-electron chi connectivity index (χ2n) is 5.67. The Morgan fingerprint density at radius 3 is 2.62 bits per heavy atom. The maximum atomic E-state index is 11.9. The van der Waals surface area contributed by atoms with Crippen LogP contribution >= 0.6 is 0 Å². The zero-order chi connectivity index (χ0) is 12.3. The van der Waals surface area contributed by atoms with Gasteiger partial charge in [0.1, 0.15) is 5.78 Å². The molecule has 0 spiro atoms. The first-order valence-corrected chi connectivity index (χ1v) is 6.29. The van der Waals surface area contributed by atoms with Crippen LogP contribution < -0.4 is 0 Å². The summed E-state index contributed by atoms with van der Waals surface area (Å²) in [4.78, 5) is 14.0. The predicted octanol–water partition coefficient (Wildman–Crippen LogP) is 1.55. The fraction of sp³-hybridized carbons (Fsp3) is 0.923. The number of ketones is 1. The van der Waals surface area contributed by atoms with Crippen molar-refractivity contribution in [1.29, 1.82) is 0 Å². The molecular weight excluding hydrogens is 202 g/mol. The molecule has 0 heterocycles. The van der Waals surface area contributed by atoms with Crippen molar-refractivity contribution in [3.63, 3.8) is 0 Å². The van der Waals surface area contributed by atoms with E-state index in [0.717, 1.165) is 19.4 Å². The highest BCUT2D eigenvalue weighted by Gasteiger charge is 2.32. The molecule has 4 atom stereocenters. The number of aliphatic hydroxyl groups excluding tert-OH is 1. The Morgan fingerprint density at radius 1 is 1.50 bits per heavy atom. The molecule has 1 aliphatic carbocycles. The quantitative estimate of drug-likeness (QED) is 0.792. The monoisotopic (exact) mass is 227 g/mol. The molecule has 0 bridgehead atoms. The normalized spacial score (nSPS) is 33.1. The Kier molecular flexibility index (Phi) is 4.93. The standard InChI is InChI=1S/C13H25NO2/c1-9-5-10(2)12(13(16)6-9)8-14(4)7-11(3)15/h9-12,15H,5-8H2,1-4H3. The van der Waals surface area contributed by atoms with Gasteiger partial charge >= 0.3 is 0 Å². The highest BCUT2D eigenvalue weighted by Crippen LogP contribution is 2.31. The summed E-state index contributed by atoms with van der Waals surface area (Å²) >= 11 is 0. The summed E-state index contributed by atoms with van der Waals surface area (Å²) in [6, 6.07) is 0. The van der Waals surface area contributed by atoms with E-state index < -0.39 is 0 Å².